The summed E-state index contributed by atoms with van der Waals surface area (Å²) in [4.78, 5) is 21.1. The average molecular weight is 307 g/mol. The van der Waals surface area contributed by atoms with E-state index in [2.05, 4.69) is 0 Å². The number of nitrogens with zero attached hydrogens (tertiary/aromatic N) is 1. The Balaban J connectivity index is 2.50. The zero-order chi connectivity index (χ0) is 16.5. The topological polar surface area (TPSA) is 89.7 Å². The second-order valence-electron chi connectivity index (χ2n) is 5.15. The van der Waals surface area contributed by atoms with E-state index >= 15 is 0 Å². The van der Waals surface area contributed by atoms with Gasteiger partial charge in [0.05, 0.1) is 10.8 Å². The average Bonchev–Trinajstić information content (AvgIpc) is 2.49. The van der Waals surface area contributed by atoms with E-state index in [1.54, 1.807) is 12.1 Å². The Kier molecular flexibility index (Phi) is 7.08. The van der Waals surface area contributed by atoms with Gasteiger partial charge in [-0.2, -0.15) is 0 Å². The predicted octanol–water partition coefficient (Wildman–Crippen LogP) is 3.81. The lowest BCUT2D eigenvalue weighted by molar-refractivity contribution is -0.384. The van der Waals surface area contributed by atoms with Gasteiger partial charge in [-0.25, -0.2) is 0 Å². The van der Waals surface area contributed by atoms with Gasteiger partial charge in [-0.1, -0.05) is 19.4 Å². The molecule has 0 bridgehead atoms. The molecule has 0 fully saturated rings. The molecular weight excluding hydrogens is 286 g/mol. The summed E-state index contributed by atoms with van der Waals surface area (Å²) < 4.78 is 5.52. The van der Waals surface area contributed by atoms with Gasteiger partial charge in [0.15, 0.2) is 0 Å². The first kappa shape index (κ1) is 17.7. The van der Waals surface area contributed by atoms with Crippen LogP contribution < -0.4 is 4.74 Å². The molecule has 0 aliphatic carbocycles. The summed E-state index contributed by atoms with van der Waals surface area (Å²) in [6.45, 7) is 4.16. The first-order valence-corrected chi connectivity index (χ1v) is 7.19. The third-order valence-electron chi connectivity index (χ3n) is 3.25. The van der Waals surface area contributed by atoms with Gasteiger partial charge >= 0.3 is 5.97 Å². The molecule has 0 aliphatic heterocycles. The summed E-state index contributed by atoms with van der Waals surface area (Å²) in [5, 5.41) is 19.6. The molecule has 0 aliphatic rings. The number of hydrogen-bond donors (Lipinski definition) is 1. The number of hydrogen-bond acceptors (Lipinski definition) is 4. The maximum Gasteiger partial charge on any atom is 0.306 e. The van der Waals surface area contributed by atoms with E-state index in [-0.39, 0.29) is 11.6 Å². The summed E-state index contributed by atoms with van der Waals surface area (Å²) in [5.74, 6) is -0.594. The van der Waals surface area contributed by atoms with Crippen LogP contribution in [0, 0.1) is 16.0 Å². The maximum absolute atomic E-state index is 11.1. The zero-order valence-electron chi connectivity index (χ0n) is 12.8. The Morgan fingerprint density at radius 1 is 1.41 bits per heavy atom. The van der Waals surface area contributed by atoms with Crippen molar-refractivity contribution in [1.82, 2.24) is 0 Å². The van der Waals surface area contributed by atoms with Crippen molar-refractivity contribution in [1.29, 1.82) is 0 Å². The number of carboxylic acid groups (broad SMARTS) is 1. The molecule has 0 amide bonds. The van der Waals surface area contributed by atoms with Crippen LogP contribution in [-0.2, 0) is 4.79 Å². The second kappa shape index (κ2) is 8.81. The number of aliphatic carboxylic acids is 1. The highest BCUT2D eigenvalue weighted by Gasteiger charge is 2.14. The monoisotopic (exact) mass is 307 g/mol. The molecule has 1 unspecified atom stereocenters. The van der Waals surface area contributed by atoms with Crippen molar-refractivity contribution in [2.75, 3.05) is 6.61 Å². The van der Waals surface area contributed by atoms with Gasteiger partial charge in [0.25, 0.3) is 5.69 Å². The van der Waals surface area contributed by atoms with Gasteiger partial charge < -0.3 is 9.84 Å². The van der Waals surface area contributed by atoms with E-state index in [4.69, 9.17) is 9.84 Å². The molecule has 1 rings (SSSR count). The number of non-ortho nitro benzene ring substituents is 1. The van der Waals surface area contributed by atoms with Crippen LogP contribution >= 0.6 is 0 Å². The standard InChI is InChI=1S/C16H21NO5/c1-3-4-13(16(18)19)6-5-12(2)11-22-15-9-7-14(8-10-15)17(20)21/h5,7-10,13H,3-4,6,11H2,1-2H3,(H,18,19). The molecule has 1 N–H and O–H groups in total. The first-order valence-electron chi connectivity index (χ1n) is 7.19. The predicted molar refractivity (Wildman–Crippen MR) is 83.0 cm³/mol. The van der Waals surface area contributed by atoms with Gasteiger partial charge in [0, 0.05) is 12.1 Å². The fourth-order valence-electron chi connectivity index (χ4n) is 1.95. The molecular formula is C16H21NO5. The number of carbonyl (C=O) groups is 1. The molecule has 120 valence electrons. The number of allylic oxidation sites excluding steroid dienone is 1. The summed E-state index contributed by atoms with van der Waals surface area (Å²) in [6, 6.07) is 5.86. The third kappa shape index (κ3) is 5.95. The minimum Gasteiger partial charge on any atom is -0.489 e. The molecule has 1 aromatic carbocycles. The molecule has 1 atom stereocenters. The van der Waals surface area contributed by atoms with Gasteiger partial charge in [0.2, 0.25) is 0 Å². The van der Waals surface area contributed by atoms with E-state index in [1.807, 2.05) is 19.9 Å². The fraction of sp³-hybridized carbons (Fsp3) is 0.438. The Morgan fingerprint density at radius 2 is 2.05 bits per heavy atom. The zero-order valence-corrected chi connectivity index (χ0v) is 12.8. The summed E-state index contributed by atoms with van der Waals surface area (Å²) in [7, 11) is 0. The fourth-order valence-corrected chi connectivity index (χ4v) is 1.95. The van der Waals surface area contributed by atoms with Crippen molar-refractivity contribution in [3.05, 3.63) is 46.0 Å². The molecule has 6 nitrogen and oxygen atoms in total. The highest BCUT2D eigenvalue weighted by molar-refractivity contribution is 5.70. The lowest BCUT2D eigenvalue weighted by atomic mass is 9.99. The molecule has 0 heterocycles. The molecule has 0 spiro atoms. The van der Waals surface area contributed by atoms with Crippen LogP contribution in [0.15, 0.2) is 35.9 Å². The van der Waals surface area contributed by atoms with E-state index in [9.17, 15) is 14.9 Å². The van der Waals surface area contributed by atoms with Crippen LogP contribution in [0.5, 0.6) is 5.75 Å². The molecule has 0 saturated carbocycles. The second-order valence-corrected chi connectivity index (χ2v) is 5.15. The Hall–Kier alpha value is -2.37. The Labute approximate surface area is 129 Å². The molecule has 0 aromatic heterocycles. The van der Waals surface area contributed by atoms with Crippen LogP contribution in [0.4, 0.5) is 5.69 Å². The van der Waals surface area contributed by atoms with Crippen molar-refractivity contribution in [2.45, 2.75) is 33.1 Å². The number of nitro benzene ring substituents is 1. The lowest BCUT2D eigenvalue weighted by Gasteiger charge is -2.10. The Morgan fingerprint density at radius 3 is 2.55 bits per heavy atom. The van der Waals surface area contributed by atoms with Crippen LogP contribution in [0.25, 0.3) is 0 Å². The highest BCUT2D eigenvalue weighted by Crippen LogP contribution is 2.18. The maximum atomic E-state index is 11.1. The minimum absolute atomic E-state index is 0.0171. The van der Waals surface area contributed by atoms with Gasteiger partial charge in [-0.15, -0.1) is 0 Å². The molecule has 6 heteroatoms. The smallest absolute Gasteiger partial charge is 0.306 e. The number of benzene rings is 1. The van der Waals surface area contributed by atoms with E-state index in [0.29, 0.717) is 25.2 Å². The van der Waals surface area contributed by atoms with Crippen molar-refractivity contribution >= 4 is 11.7 Å². The largest absolute Gasteiger partial charge is 0.489 e. The number of nitro groups is 1. The van der Waals surface area contributed by atoms with Crippen LogP contribution in [0.1, 0.15) is 33.1 Å². The van der Waals surface area contributed by atoms with Crippen molar-refractivity contribution < 1.29 is 19.6 Å². The molecule has 0 saturated heterocycles. The number of carboxylic acids is 1. The summed E-state index contributed by atoms with van der Waals surface area (Å²) >= 11 is 0. The van der Waals surface area contributed by atoms with Crippen molar-refractivity contribution in [2.24, 2.45) is 5.92 Å². The molecule has 22 heavy (non-hydrogen) atoms. The van der Waals surface area contributed by atoms with E-state index in [1.165, 1.54) is 12.1 Å². The first-order chi connectivity index (χ1) is 10.4. The number of rotatable bonds is 9. The van der Waals surface area contributed by atoms with Crippen LogP contribution in [-0.4, -0.2) is 22.6 Å². The van der Waals surface area contributed by atoms with Gasteiger partial charge in [-0.3, -0.25) is 14.9 Å². The highest BCUT2D eigenvalue weighted by atomic mass is 16.6. The van der Waals surface area contributed by atoms with Gasteiger partial charge in [-0.05, 0) is 37.5 Å². The summed E-state index contributed by atoms with van der Waals surface area (Å²) in [6.07, 6.45) is 3.85. The van der Waals surface area contributed by atoms with Crippen molar-refractivity contribution in [3.8, 4) is 5.75 Å². The Bertz CT molecular complexity index is 536. The third-order valence-corrected chi connectivity index (χ3v) is 3.25. The van der Waals surface area contributed by atoms with E-state index < -0.39 is 10.9 Å². The minimum atomic E-state index is -0.776. The molecule has 0 radical (unpaired) electrons. The normalized spacial score (nSPS) is 12.7. The van der Waals surface area contributed by atoms with Gasteiger partial charge in [0.1, 0.15) is 12.4 Å². The van der Waals surface area contributed by atoms with Crippen molar-refractivity contribution in [3.63, 3.8) is 0 Å². The van der Waals surface area contributed by atoms with E-state index in [0.717, 1.165) is 12.0 Å². The lowest BCUT2D eigenvalue weighted by Crippen LogP contribution is -2.12. The SMILES string of the molecule is CCCC(CC=C(C)COc1ccc([N+](=O)[O-])cc1)C(=O)O. The molecule has 1 aromatic rings. The van der Waals surface area contributed by atoms with Crippen LogP contribution in [0.3, 0.4) is 0 Å². The number of ether oxygens (including phenoxy) is 1. The van der Waals surface area contributed by atoms with Crippen LogP contribution in [0.2, 0.25) is 0 Å². The summed E-state index contributed by atoms with van der Waals surface area (Å²) in [5.41, 5.74) is 0.948. The quantitative estimate of drug-likeness (QED) is 0.425.